The topological polar surface area (TPSA) is 94.1 Å². The highest BCUT2D eigenvalue weighted by Crippen LogP contribution is 2.23. The number of rotatable bonds is 4. The van der Waals surface area contributed by atoms with Crippen LogP contribution in [0, 0.1) is 0 Å². The fraction of sp³-hybridized carbons (Fsp3) is 0.636. The number of aromatic nitrogens is 3. The SMILES string of the molecule is CC(C)n1c(N)nnc1SCC(=O)N1CCCC1=O. The monoisotopic (exact) mass is 283 g/mol. The Hall–Kier alpha value is -1.57. The first-order chi connectivity index (χ1) is 9.00. The van der Waals surface area contributed by atoms with Gasteiger partial charge in [0.05, 0.1) is 5.75 Å². The number of imide groups is 1. The second-order valence-electron chi connectivity index (χ2n) is 4.64. The zero-order valence-electron chi connectivity index (χ0n) is 11.0. The number of nitrogen functional groups attached to an aromatic ring is 1. The van der Waals surface area contributed by atoms with Crippen LogP contribution in [0.2, 0.25) is 0 Å². The van der Waals surface area contributed by atoms with Gasteiger partial charge in [-0.15, -0.1) is 10.2 Å². The Labute approximate surface area is 115 Å². The molecule has 0 bridgehead atoms. The van der Waals surface area contributed by atoms with Gasteiger partial charge in [-0.3, -0.25) is 19.1 Å². The summed E-state index contributed by atoms with van der Waals surface area (Å²) in [4.78, 5) is 24.7. The summed E-state index contributed by atoms with van der Waals surface area (Å²) < 4.78 is 1.77. The summed E-state index contributed by atoms with van der Waals surface area (Å²) in [6.45, 7) is 4.46. The quantitative estimate of drug-likeness (QED) is 0.817. The summed E-state index contributed by atoms with van der Waals surface area (Å²) in [6, 6.07) is 0.126. The first-order valence-corrected chi connectivity index (χ1v) is 7.15. The highest BCUT2D eigenvalue weighted by atomic mass is 32.2. The van der Waals surface area contributed by atoms with Crippen LogP contribution < -0.4 is 5.73 Å². The number of nitrogens with zero attached hydrogens (tertiary/aromatic N) is 4. The van der Waals surface area contributed by atoms with Gasteiger partial charge < -0.3 is 5.73 Å². The molecule has 1 fully saturated rings. The van der Waals surface area contributed by atoms with Crippen LogP contribution in [-0.4, -0.2) is 43.8 Å². The lowest BCUT2D eigenvalue weighted by atomic mass is 10.4. The molecule has 1 aliphatic heterocycles. The molecular formula is C11H17N5O2S. The van der Waals surface area contributed by atoms with Crippen molar-refractivity contribution in [1.82, 2.24) is 19.7 Å². The van der Waals surface area contributed by atoms with Crippen LogP contribution in [-0.2, 0) is 9.59 Å². The normalized spacial score (nSPS) is 15.5. The van der Waals surface area contributed by atoms with E-state index in [9.17, 15) is 9.59 Å². The van der Waals surface area contributed by atoms with Gasteiger partial charge in [-0.1, -0.05) is 11.8 Å². The molecule has 0 radical (unpaired) electrons. The lowest BCUT2D eigenvalue weighted by molar-refractivity contribution is -0.140. The molecule has 7 nitrogen and oxygen atoms in total. The summed E-state index contributed by atoms with van der Waals surface area (Å²) in [5.74, 6) is 0.248. The molecule has 0 aliphatic carbocycles. The second kappa shape index (κ2) is 5.60. The molecule has 1 aromatic heterocycles. The standard InChI is InChI=1S/C11H17N5O2S/c1-7(2)16-10(12)13-14-11(16)19-6-9(18)15-5-3-4-8(15)17/h7H,3-6H2,1-2H3,(H2,12,13). The molecule has 2 heterocycles. The molecule has 2 N–H and O–H groups in total. The van der Waals surface area contributed by atoms with Gasteiger partial charge >= 0.3 is 0 Å². The molecule has 1 saturated heterocycles. The highest BCUT2D eigenvalue weighted by molar-refractivity contribution is 7.99. The Bertz CT molecular complexity index is 499. The van der Waals surface area contributed by atoms with E-state index in [1.54, 1.807) is 4.57 Å². The van der Waals surface area contributed by atoms with Crippen LogP contribution in [0.25, 0.3) is 0 Å². The molecule has 0 saturated carbocycles. The highest BCUT2D eigenvalue weighted by Gasteiger charge is 2.26. The van der Waals surface area contributed by atoms with Crippen molar-refractivity contribution in [1.29, 1.82) is 0 Å². The lowest BCUT2D eigenvalue weighted by Crippen LogP contribution is -2.33. The number of likely N-dealkylation sites (tertiary alicyclic amines) is 1. The molecule has 0 aromatic carbocycles. The van der Waals surface area contributed by atoms with Gasteiger partial charge in [0, 0.05) is 19.0 Å². The van der Waals surface area contributed by atoms with Gasteiger partial charge in [-0.05, 0) is 20.3 Å². The third kappa shape index (κ3) is 2.89. The Morgan fingerprint density at radius 2 is 2.21 bits per heavy atom. The van der Waals surface area contributed by atoms with Crippen molar-refractivity contribution in [2.75, 3.05) is 18.0 Å². The molecule has 0 unspecified atom stereocenters. The summed E-state index contributed by atoms with van der Waals surface area (Å²) in [7, 11) is 0. The molecular weight excluding hydrogens is 266 g/mol. The summed E-state index contributed by atoms with van der Waals surface area (Å²) in [5.41, 5.74) is 5.72. The third-order valence-corrected chi connectivity index (χ3v) is 3.83. The summed E-state index contributed by atoms with van der Waals surface area (Å²) in [6.07, 6.45) is 1.22. The zero-order chi connectivity index (χ0) is 14.0. The molecule has 0 spiro atoms. The molecule has 104 valence electrons. The average Bonchev–Trinajstić information content (AvgIpc) is 2.92. The number of nitrogens with two attached hydrogens (primary N) is 1. The first-order valence-electron chi connectivity index (χ1n) is 6.17. The number of hydrogen-bond donors (Lipinski definition) is 1. The third-order valence-electron chi connectivity index (χ3n) is 2.91. The van der Waals surface area contributed by atoms with Gasteiger partial charge in [-0.25, -0.2) is 0 Å². The Kier molecular flexibility index (Phi) is 4.08. The van der Waals surface area contributed by atoms with Crippen molar-refractivity contribution in [3.8, 4) is 0 Å². The van der Waals surface area contributed by atoms with Crippen LogP contribution in [0.5, 0.6) is 0 Å². The smallest absolute Gasteiger partial charge is 0.239 e. The summed E-state index contributed by atoms with van der Waals surface area (Å²) >= 11 is 1.26. The average molecular weight is 283 g/mol. The van der Waals surface area contributed by atoms with E-state index in [2.05, 4.69) is 10.2 Å². The minimum Gasteiger partial charge on any atom is -0.368 e. The van der Waals surface area contributed by atoms with Crippen molar-refractivity contribution < 1.29 is 9.59 Å². The minimum absolute atomic E-state index is 0.0876. The van der Waals surface area contributed by atoms with Crippen LogP contribution in [0.3, 0.4) is 0 Å². The van der Waals surface area contributed by atoms with E-state index in [0.29, 0.717) is 24.1 Å². The fourth-order valence-corrected chi connectivity index (χ4v) is 2.94. The molecule has 2 rings (SSSR count). The van der Waals surface area contributed by atoms with Crippen LogP contribution in [0.4, 0.5) is 5.95 Å². The van der Waals surface area contributed by atoms with E-state index >= 15 is 0 Å². The molecule has 1 aliphatic rings. The van der Waals surface area contributed by atoms with Crippen molar-refractivity contribution >= 4 is 29.5 Å². The number of thioether (sulfide) groups is 1. The number of carbonyl (C=O) groups excluding carboxylic acids is 2. The maximum Gasteiger partial charge on any atom is 0.239 e. The Morgan fingerprint density at radius 3 is 2.79 bits per heavy atom. The van der Waals surface area contributed by atoms with Crippen LogP contribution in [0.15, 0.2) is 5.16 Å². The second-order valence-corrected chi connectivity index (χ2v) is 5.58. The predicted octanol–water partition coefficient (Wildman–Crippen LogP) is 0.682. The fourth-order valence-electron chi connectivity index (χ4n) is 1.99. The molecule has 19 heavy (non-hydrogen) atoms. The van der Waals surface area contributed by atoms with Crippen LogP contribution >= 0.6 is 11.8 Å². The van der Waals surface area contributed by atoms with Crippen molar-refractivity contribution in [2.45, 2.75) is 37.9 Å². The zero-order valence-corrected chi connectivity index (χ0v) is 11.8. The van der Waals surface area contributed by atoms with E-state index in [-0.39, 0.29) is 23.6 Å². The van der Waals surface area contributed by atoms with Crippen molar-refractivity contribution in [2.24, 2.45) is 0 Å². The van der Waals surface area contributed by atoms with E-state index in [4.69, 9.17) is 5.73 Å². The first kappa shape index (κ1) is 13.9. The van der Waals surface area contributed by atoms with E-state index < -0.39 is 0 Å². The largest absolute Gasteiger partial charge is 0.368 e. The molecule has 8 heteroatoms. The van der Waals surface area contributed by atoms with Gasteiger partial charge in [0.2, 0.25) is 17.8 Å². The lowest BCUT2D eigenvalue weighted by Gasteiger charge is -2.14. The van der Waals surface area contributed by atoms with Gasteiger partial charge in [0.1, 0.15) is 0 Å². The van der Waals surface area contributed by atoms with Crippen molar-refractivity contribution in [3.05, 3.63) is 0 Å². The molecule has 0 atom stereocenters. The Balaban J connectivity index is 1.99. The number of amides is 2. The number of carbonyl (C=O) groups is 2. The van der Waals surface area contributed by atoms with E-state index in [1.165, 1.54) is 16.7 Å². The van der Waals surface area contributed by atoms with Gasteiger partial charge in [-0.2, -0.15) is 0 Å². The van der Waals surface area contributed by atoms with Gasteiger partial charge in [0.25, 0.3) is 0 Å². The maximum atomic E-state index is 11.9. The number of anilines is 1. The Morgan fingerprint density at radius 1 is 1.47 bits per heavy atom. The van der Waals surface area contributed by atoms with Gasteiger partial charge in [0.15, 0.2) is 5.16 Å². The van der Waals surface area contributed by atoms with E-state index in [1.807, 2.05) is 13.8 Å². The number of hydrogen-bond acceptors (Lipinski definition) is 6. The van der Waals surface area contributed by atoms with E-state index in [0.717, 1.165) is 6.42 Å². The minimum atomic E-state index is -0.177. The predicted molar refractivity (Wildman–Crippen MR) is 71.5 cm³/mol. The summed E-state index contributed by atoms with van der Waals surface area (Å²) in [5, 5.41) is 8.36. The molecule has 1 aromatic rings. The molecule has 2 amide bonds. The maximum absolute atomic E-state index is 11.9. The van der Waals surface area contributed by atoms with Crippen molar-refractivity contribution in [3.63, 3.8) is 0 Å². The van der Waals surface area contributed by atoms with Crippen LogP contribution in [0.1, 0.15) is 32.7 Å².